The summed E-state index contributed by atoms with van der Waals surface area (Å²) in [7, 11) is 0. The first-order chi connectivity index (χ1) is 9.16. The molecule has 1 aliphatic heterocycles. The summed E-state index contributed by atoms with van der Waals surface area (Å²) in [6.45, 7) is 2.49. The average molecular weight is 302 g/mol. The summed E-state index contributed by atoms with van der Waals surface area (Å²) >= 11 is 0. The number of hydrogen-bond donors (Lipinski definition) is 1. The smallest absolute Gasteiger partial charge is 0.325 e. The molecule has 1 heterocycles. The van der Waals surface area contributed by atoms with E-state index in [2.05, 4.69) is 0 Å². The second-order valence-electron chi connectivity index (χ2n) is 4.58. The van der Waals surface area contributed by atoms with Crippen molar-refractivity contribution in [2.24, 2.45) is 5.73 Å². The molecule has 3 atom stereocenters. The van der Waals surface area contributed by atoms with Crippen LogP contribution in [0.25, 0.3) is 0 Å². The lowest BCUT2D eigenvalue weighted by Gasteiger charge is -2.24. The fourth-order valence-corrected chi connectivity index (χ4v) is 1.89. The van der Waals surface area contributed by atoms with Crippen molar-refractivity contribution in [3.63, 3.8) is 0 Å². The maximum absolute atomic E-state index is 11.6. The lowest BCUT2D eigenvalue weighted by atomic mass is 10.1. The molecule has 0 saturated carbocycles. The normalized spacial score (nSPS) is 27.3. The molecule has 1 aliphatic rings. The summed E-state index contributed by atoms with van der Waals surface area (Å²) < 4.78 is 16.5. The van der Waals surface area contributed by atoms with Crippen molar-refractivity contribution in [3.05, 3.63) is 30.3 Å². The van der Waals surface area contributed by atoms with Crippen LogP contribution in [-0.4, -0.2) is 37.4 Å². The van der Waals surface area contributed by atoms with Crippen molar-refractivity contribution in [3.8, 4) is 5.75 Å². The van der Waals surface area contributed by atoms with Gasteiger partial charge >= 0.3 is 5.97 Å². The van der Waals surface area contributed by atoms with Gasteiger partial charge in [0.15, 0.2) is 0 Å². The molecule has 2 rings (SSSR count). The van der Waals surface area contributed by atoms with Gasteiger partial charge in [0.2, 0.25) is 0 Å². The van der Waals surface area contributed by atoms with E-state index in [0.29, 0.717) is 13.0 Å². The van der Waals surface area contributed by atoms with Crippen molar-refractivity contribution >= 4 is 18.4 Å². The summed E-state index contributed by atoms with van der Waals surface area (Å²) in [5.41, 5.74) is 5.64. The van der Waals surface area contributed by atoms with E-state index >= 15 is 0 Å². The van der Waals surface area contributed by atoms with Crippen LogP contribution in [0.5, 0.6) is 5.75 Å². The third-order valence-electron chi connectivity index (χ3n) is 3.00. The molecular weight excluding hydrogens is 282 g/mol. The maximum Gasteiger partial charge on any atom is 0.325 e. The fourth-order valence-electron chi connectivity index (χ4n) is 1.89. The molecule has 0 radical (unpaired) electrons. The quantitative estimate of drug-likeness (QED) is 0.839. The van der Waals surface area contributed by atoms with Gasteiger partial charge in [-0.3, -0.25) is 4.79 Å². The minimum absolute atomic E-state index is 0. The molecule has 1 aromatic rings. The number of carbonyl (C=O) groups excluding carboxylic acids is 1. The van der Waals surface area contributed by atoms with Crippen molar-refractivity contribution in [1.29, 1.82) is 0 Å². The molecule has 2 N–H and O–H groups in total. The topological polar surface area (TPSA) is 70.8 Å². The minimum atomic E-state index is -0.724. The monoisotopic (exact) mass is 301 g/mol. The van der Waals surface area contributed by atoms with E-state index in [1.807, 2.05) is 37.3 Å². The van der Waals surface area contributed by atoms with Gasteiger partial charge in [0.25, 0.3) is 0 Å². The van der Waals surface area contributed by atoms with Gasteiger partial charge in [-0.25, -0.2) is 0 Å². The highest BCUT2D eigenvalue weighted by atomic mass is 35.5. The van der Waals surface area contributed by atoms with Gasteiger partial charge in [0, 0.05) is 6.42 Å². The highest BCUT2D eigenvalue weighted by molar-refractivity contribution is 5.85. The standard InChI is InChI=1S/C14H19NO4.ClH/c1-10-13(19-11-5-3-2-4-6-11)7-8-17-9-12(15)14(16)18-10;/h2-6,10,12-13H,7-9,15H2,1H3;1H/t10?,12-,13?;/m0./s1. The Morgan fingerprint density at radius 3 is 2.70 bits per heavy atom. The molecule has 1 aromatic carbocycles. The maximum atomic E-state index is 11.6. The van der Waals surface area contributed by atoms with Crippen LogP contribution in [0.4, 0.5) is 0 Å². The van der Waals surface area contributed by atoms with Gasteiger partial charge < -0.3 is 19.9 Å². The Balaban J connectivity index is 0.00000200. The highest BCUT2D eigenvalue weighted by Crippen LogP contribution is 2.17. The average Bonchev–Trinajstić information content (AvgIpc) is 2.46. The van der Waals surface area contributed by atoms with Crippen LogP contribution >= 0.6 is 12.4 Å². The SMILES string of the molecule is CC1OC(=O)[C@@H](N)COCCC1Oc1ccccc1.Cl. The molecule has 112 valence electrons. The third-order valence-corrected chi connectivity index (χ3v) is 3.00. The second-order valence-corrected chi connectivity index (χ2v) is 4.58. The van der Waals surface area contributed by atoms with E-state index in [9.17, 15) is 4.79 Å². The first kappa shape index (κ1) is 16.8. The van der Waals surface area contributed by atoms with Crippen LogP contribution in [0.1, 0.15) is 13.3 Å². The van der Waals surface area contributed by atoms with Gasteiger partial charge in [-0.15, -0.1) is 12.4 Å². The number of hydrogen-bond acceptors (Lipinski definition) is 5. The van der Waals surface area contributed by atoms with Gasteiger partial charge in [-0.05, 0) is 19.1 Å². The van der Waals surface area contributed by atoms with E-state index in [0.717, 1.165) is 5.75 Å². The van der Waals surface area contributed by atoms with E-state index in [1.54, 1.807) is 0 Å². The van der Waals surface area contributed by atoms with Crippen LogP contribution in [0.3, 0.4) is 0 Å². The molecule has 0 aliphatic carbocycles. The van der Waals surface area contributed by atoms with Crippen molar-refractivity contribution in [2.45, 2.75) is 31.6 Å². The van der Waals surface area contributed by atoms with E-state index in [4.69, 9.17) is 19.9 Å². The van der Waals surface area contributed by atoms with Crippen molar-refractivity contribution < 1.29 is 19.0 Å². The number of halogens is 1. The number of para-hydroxylation sites is 1. The third kappa shape index (κ3) is 4.67. The van der Waals surface area contributed by atoms with Gasteiger partial charge in [-0.2, -0.15) is 0 Å². The number of esters is 1. The zero-order valence-electron chi connectivity index (χ0n) is 11.4. The Kier molecular flexibility index (Phi) is 6.78. The van der Waals surface area contributed by atoms with Crippen molar-refractivity contribution in [1.82, 2.24) is 0 Å². The van der Waals surface area contributed by atoms with Crippen LogP contribution in [0.15, 0.2) is 30.3 Å². The highest BCUT2D eigenvalue weighted by Gasteiger charge is 2.27. The number of rotatable bonds is 2. The molecule has 0 amide bonds. The van der Waals surface area contributed by atoms with Crippen LogP contribution in [0, 0.1) is 0 Å². The summed E-state index contributed by atoms with van der Waals surface area (Å²) in [5, 5.41) is 0. The van der Waals surface area contributed by atoms with Crippen LogP contribution in [-0.2, 0) is 14.3 Å². The van der Waals surface area contributed by atoms with Crippen LogP contribution < -0.4 is 10.5 Å². The van der Waals surface area contributed by atoms with Crippen molar-refractivity contribution in [2.75, 3.05) is 13.2 Å². The Bertz CT molecular complexity index is 415. The number of nitrogens with two attached hydrogens (primary N) is 1. The Labute approximate surface area is 124 Å². The minimum Gasteiger partial charge on any atom is -0.486 e. The molecule has 2 unspecified atom stereocenters. The molecule has 1 fully saturated rings. The molecule has 0 bridgehead atoms. The molecule has 6 heteroatoms. The van der Waals surface area contributed by atoms with Gasteiger partial charge in [0.1, 0.15) is 24.0 Å². The largest absolute Gasteiger partial charge is 0.486 e. The summed E-state index contributed by atoms with van der Waals surface area (Å²) in [5.74, 6) is 0.301. The van der Waals surface area contributed by atoms with Gasteiger partial charge in [0.05, 0.1) is 13.2 Å². The van der Waals surface area contributed by atoms with Gasteiger partial charge in [-0.1, -0.05) is 18.2 Å². The van der Waals surface area contributed by atoms with E-state index < -0.39 is 12.0 Å². The Morgan fingerprint density at radius 2 is 2.00 bits per heavy atom. The lowest BCUT2D eigenvalue weighted by Crippen LogP contribution is -2.40. The summed E-state index contributed by atoms with van der Waals surface area (Å²) in [6, 6.07) is 8.72. The first-order valence-electron chi connectivity index (χ1n) is 6.42. The summed E-state index contributed by atoms with van der Waals surface area (Å²) in [4.78, 5) is 11.6. The molecule has 20 heavy (non-hydrogen) atoms. The van der Waals surface area contributed by atoms with E-state index in [1.165, 1.54) is 0 Å². The Hall–Kier alpha value is -1.30. The molecule has 5 nitrogen and oxygen atoms in total. The Morgan fingerprint density at radius 1 is 1.30 bits per heavy atom. The first-order valence-corrected chi connectivity index (χ1v) is 6.42. The predicted molar refractivity (Wildman–Crippen MR) is 77.1 cm³/mol. The second kappa shape index (κ2) is 8.09. The number of cyclic esters (lactones) is 1. The predicted octanol–water partition coefficient (Wildman–Crippen LogP) is 1.54. The number of carbonyl (C=O) groups is 1. The molecule has 0 aromatic heterocycles. The zero-order chi connectivity index (χ0) is 13.7. The number of benzene rings is 1. The molecule has 0 spiro atoms. The fraction of sp³-hybridized carbons (Fsp3) is 0.500. The number of ether oxygens (including phenoxy) is 3. The lowest BCUT2D eigenvalue weighted by molar-refractivity contribution is -0.154. The summed E-state index contributed by atoms with van der Waals surface area (Å²) in [6.07, 6.45) is 0.0490. The van der Waals surface area contributed by atoms with E-state index in [-0.39, 0.29) is 31.2 Å². The zero-order valence-corrected chi connectivity index (χ0v) is 12.2. The van der Waals surface area contributed by atoms with Crippen LogP contribution in [0.2, 0.25) is 0 Å². The molecular formula is C14H20ClNO4. The molecule has 1 saturated heterocycles.